The van der Waals surface area contributed by atoms with Crippen molar-refractivity contribution in [3.63, 3.8) is 0 Å². The van der Waals surface area contributed by atoms with Crippen molar-refractivity contribution in [2.24, 2.45) is 11.8 Å². The molecule has 33 heavy (non-hydrogen) atoms. The Morgan fingerprint density at radius 2 is 1.88 bits per heavy atom. The number of piperidine rings is 2. The first-order chi connectivity index (χ1) is 15.7. The molecule has 1 amide bonds. The maximum atomic E-state index is 13.5. The van der Waals surface area contributed by atoms with E-state index in [1.165, 1.54) is 12.6 Å². The number of hydrogen-bond donors (Lipinski definition) is 1. The quantitative estimate of drug-likeness (QED) is 0.732. The van der Waals surface area contributed by atoms with Crippen LogP contribution >= 0.6 is 0 Å². The van der Waals surface area contributed by atoms with Crippen molar-refractivity contribution in [1.29, 1.82) is 0 Å². The second-order valence-electron chi connectivity index (χ2n) is 10.3. The van der Waals surface area contributed by atoms with Crippen molar-refractivity contribution in [2.75, 3.05) is 25.0 Å². The lowest BCUT2D eigenvalue weighted by molar-refractivity contribution is -0.136. The number of alkyl halides is 3. The molecule has 4 fully saturated rings. The molecule has 2 unspecified atom stereocenters. The van der Waals surface area contributed by atoms with Gasteiger partial charge in [-0.3, -0.25) is 9.78 Å². The van der Waals surface area contributed by atoms with Crippen LogP contribution in [0.25, 0.3) is 10.9 Å². The Hall–Kier alpha value is -2.35. The molecule has 3 aliphatic heterocycles. The van der Waals surface area contributed by atoms with Gasteiger partial charge >= 0.3 is 6.18 Å². The van der Waals surface area contributed by atoms with Crippen molar-refractivity contribution in [3.8, 4) is 0 Å². The van der Waals surface area contributed by atoms with Gasteiger partial charge in [0, 0.05) is 54.9 Å². The monoisotopic (exact) mass is 460 g/mol. The molecule has 1 saturated carbocycles. The van der Waals surface area contributed by atoms with E-state index in [2.05, 4.69) is 34.1 Å². The standard InChI is InChI=1S/C25H31F3N4O/c1-15-8-17(30-23(33)11-16-9-18-12-19(10-16)31(18)2)14-32(13-15)22-6-5-21(25(26,27)28)24-20(22)4-3-7-29-24/h3-7,15-19H,8-14H2,1-2H3,(H,30,33)/t15-,16?,17+,18?,19?/m0/s1. The zero-order chi connectivity index (χ0) is 23.3. The third-order valence-electron chi connectivity index (χ3n) is 7.80. The summed E-state index contributed by atoms with van der Waals surface area (Å²) < 4.78 is 40.5. The Balaban J connectivity index is 1.29. The first-order valence-corrected chi connectivity index (χ1v) is 11.9. The number of amides is 1. The van der Waals surface area contributed by atoms with Crippen LogP contribution in [0.4, 0.5) is 18.9 Å². The lowest BCUT2D eigenvalue weighted by Gasteiger charge is -2.53. The summed E-state index contributed by atoms with van der Waals surface area (Å²) in [6, 6.07) is 7.30. The molecule has 4 heterocycles. The maximum absolute atomic E-state index is 13.5. The van der Waals surface area contributed by atoms with Gasteiger partial charge in [-0.25, -0.2) is 0 Å². The van der Waals surface area contributed by atoms with E-state index < -0.39 is 11.7 Å². The minimum absolute atomic E-state index is 0.0175. The zero-order valence-corrected chi connectivity index (χ0v) is 19.1. The highest BCUT2D eigenvalue weighted by Gasteiger charge is 2.43. The number of halogens is 3. The molecule has 3 saturated heterocycles. The molecule has 4 aliphatic rings. The maximum Gasteiger partial charge on any atom is 0.418 e. The van der Waals surface area contributed by atoms with Crippen LogP contribution in [0.1, 0.15) is 44.6 Å². The predicted molar refractivity (Wildman–Crippen MR) is 122 cm³/mol. The summed E-state index contributed by atoms with van der Waals surface area (Å²) in [5.74, 6) is 0.864. The highest BCUT2D eigenvalue weighted by Crippen LogP contribution is 2.41. The second kappa shape index (κ2) is 8.46. The summed E-state index contributed by atoms with van der Waals surface area (Å²) in [4.78, 5) is 21.4. The summed E-state index contributed by atoms with van der Waals surface area (Å²) in [5.41, 5.74) is 0.00221. The van der Waals surface area contributed by atoms with Crippen LogP contribution in [0.15, 0.2) is 30.5 Å². The third-order valence-corrected chi connectivity index (χ3v) is 7.80. The fourth-order valence-corrected chi connectivity index (χ4v) is 6.23. The molecule has 178 valence electrons. The molecule has 1 N–H and O–H groups in total. The van der Waals surface area contributed by atoms with Gasteiger partial charge < -0.3 is 15.1 Å². The number of fused-ring (bicyclic) bond motifs is 3. The van der Waals surface area contributed by atoms with Crippen molar-refractivity contribution in [1.82, 2.24) is 15.2 Å². The van der Waals surface area contributed by atoms with Crippen LogP contribution in [0.5, 0.6) is 0 Å². The lowest BCUT2D eigenvalue weighted by atomic mass is 9.73. The van der Waals surface area contributed by atoms with Crippen LogP contribution in [0, 0.1) is 11.8 Å². The minimum atomic E-state index is -4.45. The van der Waals surface area contributed by atoms with Gasteiger partial charge in [-0.05, 0) is 68.8 Å². The van der Waals surface area contributed by atoms with Gasteiger partial charge in [-0.2, -0.15) is 13.2 Å². The van der Waals surface area contributed by atoms with Crippen molar-refractivity contribution in [2.45, 2.75) is 63.3 Å². The van der Waals surface area contributed by atoms with Crippen molar-refractivity contribution >= 4 is 22.5 Å². The molecule has 0 radical (unpaired) electrons. The van der Waals surface area contributed by atoms with Crippen LogP contribution in [-0.4, -0.2) is 54.1 Å². The number of nitrogens with zero attached hydrogens (tertiary/aromatic N) is 3. The summed E-state index contributed by atoms with van der Waals surface area (Å²) in [5, 5.41) is 3.73. The molecule has 6 rings (SSSR count). The number of anilines is 1. The molecule has 0 spiro atoms. The second-order valence-corrected chi connectivity index (χ2v) is 10.3. The third kappa shape index (κ3) is 4.42. The topological polar surface area (TPSA) is 48.5 Å². The Bertz CT molecular complexity index is 1030. The molecule has 5 nitrogen and oxygen atoms in total. The Labute approximate surface area is 192 Å². The lowest BCUT2D eigenvalue weighted by Crippen LogP contribution is -2.59. The van der Waals surface area contributed by atoms with Gasteiger partial charge in [0.2, 0.25) is 5.91 Å². The number of aromatic nitrogens is 1. The summed E-state index contributed by atoms with van der Waals surface area (Å²) >= 11 is 0. The van der Waals surface area contributed by atoms with Gasteiger partial charge in [-0.1, -0.05) is 6.92 Å². The minimum Gasteiger partial charge on any atom is -0.369 e. The molecule has 1 aliphatic carbocycles. The van der Waals surface area contributed by atoms with Gasteiger partial charge in [0.05, 0.1) is 11.1 Å². The van der Waals surface area contributed by atoms with E-state index in [9.17, 15) is 18.0 Å². The molecular weight excluding hydrogens is 429 g/mol. The highest BCUT2D eigenvalue weighted by molar-refractivity contribution is 5.94. The van der Waals surface area contributed by atoms with Crippen molar-refractivity contribution < 1.29 is 18.0 Å². The van der Waals surface area contributed by atoms with E-state index in [0.29, 0.717) is 42.3 Å². The summed E-state index contributed by atoms with van der Waals surface area (Å²) in [6.07, 6.45) is 1.84. The highest BCUT2D eigenvalue weighted by atomic mass is 19.4. The fraction of sp³-hybridized carbons (Fsp3) is 0.600. The van der Waals surface area contributed by atoms with Crippen LogP contribution in [0.3, 0.4) is 0 Å². The van der Waals surface area contributed by atoms with Crippen LogP contribution < -0.4 is 10.2 Å². The van der Waals surface area contributed by atoms with E-state index in [-0.39, 0.29) is 17.5 Å². The molecule has 2 aromatic rings. The van der Waals surface area contributed by atoms with Gasteiger partial charge in [0.15, 0.2) is 0 Å². The summed E-state index contributed by atoms with van der Waals surface area (Å²) in [7, 11) is 2.17. The van der Waals surface area contributed by atoms with Gasteiger partial charge in [0.1, 0.15) is 0 Å². The SMILES string of the molecule is C[C@H]1C[C@@H](NC(=O)CC2CC3CC(C2)N3C)CN(c2ccc(C(F)(F)F)c3ncccc23)C1. The van der Waals surface area contributed by atoms with Crippen LogP contribution in [0.2, 0.25) is 0 Å². The molecular formula is C25H31F3N4O. The zero-order valence-electron chi connectivity index (χ0n) is 19.1. The molecule has 4 atom stereocenters. The fourth-order valence-electron chi connectivity index (χ4n) is 6.23. The Morgan fingerprint density at radius 1 is 1.12 bits per heavy atom. The number of benzene rings is 1. The number of hydrogen-bond acceptors (Lipinski definition) is 4. The predicted octanol–water partition coefficient (Wildman–Crippen LogP) is 4.46. The van der Waals surface area contributed by atoms with E-state index in [1.807, 2.05) is 0 Å². The Morgan fingerprint density at radius 3 is 2.58 bits per heavy atom. The molecule has 1 aromatic heterocycles. The molecule has 2 bridgehead atoms. The normalized spacial score (nSPS) is 30.2. The largest absolute Gasteiger partial charge is 0.418 e. The molecule has 8 heteroatoms. The van der Waals surface area contributed by atoms with E-state index in [4.69, 9.17) is 0 Å². The Kier molecular flexibility index (Phi) is 5.75. The average Bonchev–Trinajstić information content (AvgIpc) is 2.76. The first kappa shape index (κ1) is 22.4. The number of pyridine rings is 1. The van der Waals surface area contributed by atoms with Crippen molar-refractivity contribution in [3.05, 3.63) is 36.0 Å². The summed E-state index contributed by atoms with van der Waals surface area (Å²) in [6.45, 7) is 3.45. The van der Waals surface area contributed by atoms with E-state index in [0.717, 1.165) is 37.6 Å². The number of carbonyl (C=O) groups excluding carboxylic acids is 1. The number of carbonyl (C=O) groups is 1. The molecule has 1 aromatic carbocycles. The smallest absolute Gasteiger partial charge is 0.369 e. The van der Waals surface area contributed by atoms with E-state index >= 15 is 0 Å². The van der Waals surface area contributed by atoms with E-state index in [1.54, 1.807) is 18.2 Å². The first-order valence-electron chi connectivity index (χ1n) is 11.9. The number of rotatable bonds is 4. The number of nitrogens with one attached hydrogen (secondary N) is 1. The van der Waals surface area contributed by atoms with Gasteiger partial charge in [0.25, 0.3) is 0 Å². The average molecular weight is 461 g/mol. The van der Waals surface area contributed by atoms with Crippen LogP contribution in [-0.2, 0) is 11.0 Å². The van der Waals surface area contributed by atoms with Gasteiger partial charge in [-0.15, -0.1) is 0 Å².